The van der Waals surface area contributed by atoms with Crippen LogP contribution in [0.5, 0.6) is 0 Å². The molecule has 0 heterocycles. The van der Waals surface area contributed by atoms with Gasteiger partial charge in [-0.1, -0.05) is 0 Å². The number of hydrogen-bond acceptors (Lipinski definition) is 5. The lowest BCUT2D eigenvalue weighted by Crippen LogP contribution is -2.25. The molecule has 0 aliphatic rings. The minimum absolute atomic E-state index is 0.112. The molecule has 1 N–H and O–H groups in total. The van der Waals surface area contributed by atoms with Gasteiger partial charge in [0.25, 0.3) is 0 Å². The Kier molecular flexibility index (Phi) is 9.11. The van der Waals surface area contributed by atoms with Crippen molar-refractivity contribution in [1.29, 1.82) is 0 Å². The Bertz CT molecular complexity index is 302. The van der Waals surface area contributed by atoms with Gasteiger partial charge in [-0.3, -0.25) is 9.98 Å². The number of hydrogen-bond donors (Lipinski definition) is 3. The highest BCUT2D eigenvalue weighted by Crippen LogP contribution is 2.14. The monoisotopic (exact) mass is 317 g/mol. The van der Waals surface area contributed by atoms with E-state index in [0.717, 1.165) is 44.0 Å². The van der Waals surface area contributed by atoms with Gasteiger partial charge < -0.3 is 5.32 Å². The summed E-state index contributed by atoms with van der Waals surface area (Å²) in [4.78, 5) is 9.05. The Morgan fingerprint density at radius 1 is 0.850 bits per heavy atom. The van der Waals surface area contributed by atoms with E-state index in [9.17, 15) is 0 Å². The molecule has 0 radical (unpaired) electrons. The number of aliphatic imine (C=N–C) groups is 2. The zero-order chi connectivity index (χ0) is 15.8. The molecule has 0 aliphatic carbocycles. The van der Waals surface area contributed by atoms with Gasteiger partial charge in [-0.05, 0) is 54.5 Å². The van der Waals surface area contributed by atoms with Crippen molar-refractivity contribution in [2.24, 2.45) is 9.98 Å². The first-order valence-corrected chi connectivity index (χ1v) is 8.13. The Balaban J connectivity index is 3.70. The first-order chi connectivity index (χ1) is 9.05. The fourth-order valence-corrected chi connectivity index (χ4v) is 1.41. The maximum atomic E-state index is 4.54. The van der Waals surface area contributed by atoms with Crippen molar-refractivity contribution in [3.63, 3.8) is 0 Å². The lowest BCUT2D eigenvalue weighted by Gasteiger charge is -2.17. The molecule has 0 aromatic heterocycles. The first-order valence-electron chi connectivity index (χ1n) is 7.23. The molecule has 0 amide bonds. The van der Waals surface area contributed by atoms with E-state index in [0.29, 0.717) is 0 Å². The van der Waals surface area contributed by atoms with Gasteiger partial charge in [0.2, 0.25) is 0 Å². The highest BCUT2D eigenvalue weighted by molar-refractivity contribution is 7.82. The molecule has 20 heavy (non-hydrogen) atoms. The van der Waals surface area contributed by atoms with Crippen LogP contribution < -0.4 is 5.32 Å². The molecule has 0 saturated carbocycles. The molecule has 5 heteroatoms. The molecule has 0 unspecified atom stereocenters. The summed E-state index contributed by atoms with van der Waals surface area (Å²) < 4.78 is -0.231. The van der Waals surface area contributed by atoms with Crippen molar-refractivity contribution in [1.82, 2.24) is 5.32 Å². The Hall–Kier alpha value is -0.000000000000000111. The van der Waals surface area contributed by atoms with Crippen LogP contribution in [0.2, 0.25) is 0 Å². The van der Waals surface area contributed by atoms with E-state index in [1.54, 1.807) is 0 Å². The number of nitrogens with zero attached hydrogens (tertiary/aromatic N) is 2. The van der Waals surface area contributed by atoms with Gasteiger partial charge in [0, 0.05) is 34.0 Å². The van der Waals surface area contributed by atoms with Crippen LogP contribution in [0.25, 0.3) is 0 Å². The van der Waals surface area contributed by atoms with Gasteiger partial charge >= 0.3 is 0 Å². The molecular weight excluding hydrogens is 286 g/mol. The molecule has 0 aliphatic heterocycles. The highest BCUT2D eigenvalue weighted by Gasteiger charge is 2.15. The first kappa shape index (κ1) is 20.0. The van der Waals surface area contributed by atoms with Gasteiger partial charge in [-0.15, -0.1) is 0 Å². The summed E-state index contributed by atoms with van der Waals surface area (Å²) in [6, 6.07) is 0. The van der Waals surface area contributed by atoms with Crippen molar-refractivity contribution < 1.29 is 0 Å². The van der Waals surface area contributed by atoms with Crippen LogP contribution >= 0.6 is 25.3 Å². The molecule has 0 aromatic rings. The zero-order valence-corrected chi connectivity index (χ0v) is 15.6. The predicted molar refractivity (Wildman–Crippen MR) is 99.6 cm³/mol. The normalized spacial score (nSPS) is 14.8. The summed E-state index contributed by atoms with van der Waals surface area (Å²) in [5.41, 5.74) is 2.18. The Morgan fingerprint density at radius 3 is 1.75 bits per heavy atom. The largest absolute Gasteiger partial charge is 0.315 e. The summed E-state index contributed by atoms with van der Waals surface area (Å²) in [6.45, 7) is 15.9. The zero-order valence-electron chi connectivity index (χ0n) is 13.8. The molecule has 0 saturated heterocycles. The molecule has 0 aromatic carbocycles. The van der Waals surface area contributed by atoms with Crippen molar-refractivity contribution in [3.05, 3.63) is 0 Å². The maximum Gasteiger partial charge on any atom is 0.0514 e. The van der Waals surface area contributed by atoms with Gasteiger partial charge in [-0.2, -0.15) is 25.3 Å². The van der Waals surface area contributed by atoms with E-state index in [4.69, 9.17) is 0 Å². The summed E-state index contributed by atoms with van der Waals surface area (Å²) >= 11 is 8.99. The second-order valence-electron chi connectivity index (χ2n) is 6.16. The van der Waals surface area contributed by atoms with Crippen LogP contribution in [0.1, 0.15) is 48.0 Å². The molecule has 0 atom stereocenters. The third-order valence-electron chi connectivity index (χ3n) is 3.27. The van der Waals surface area contributed by atoms with Gasteiger partial charge in [0.1, 0.15) is 0 Å². The molecule has 0 spiro atoms. The molecule has 0 bridgehead atoms. The molecule has 0 rings (SSSR count). The summed E-state index contributed by atoms with van der Waals surface area (Å²) in [6.07, 6.45) is 1.04. The predicted octanol–water partition coefficient (Wildman–Crippen LogP) is 3.30. The van der Waals surface area contributed by atoms with Gasteiger partial charge in [0.15, 0.2) is 0 Å². The smallest absolute Gasteiger partial charge is 0.0514 e. The average molecular weight is 318 g/mol. The third-order valence-corrected chi connectivity index (χ3v) is 3.92. The topological polar surface area (TPSA) is 36.8 Å². The van der Waals surface area contributed by atoms with E-state index in [2.05, 4.69) is 68.3 Å². The van der Waals surface area contributed by atoms with Gasteiger partial charge in [-0.25, -0.2) is 0 Å². The van der Waals surface area contributed by atoms with Crippen LogP contribution in [-0.2, 0) is 0 Å². The molecular formula is C15H31N3S2. The van der Waals surface area contributed by atoms with Crippen LogP contribution in [0.4, 0.5) is 0 Å². The minimum atomic E-state index is -0.119. The second-order valence-corrected chi connectivity index (χ2v) is 8.39. The van der Waals surface area contributed by atoms with Crippen LogP contribution in [-0.4, -0.2) is 47.1 Å². The Morgan fingerprint density at radius 2 is 1.30 bits per heavy atom. The SMILES string of the molecule is CC(=NCCCNCCN=C(C)C(C)(C)S)C(C)(C)S. The summed E-state index contributed by atoms with van der Waals surface area (Å²) in [5, 5.41) is 3.38. The van der Waals surface area contributed by atoms with Crippen molar-refractivity contribution in [3.8, 4) is 0 Å². The fourth-order valence-electron chi connectivity index (χ4n) is 1.27. The molecule has 118 valence electrons. The van der Waals surface area contributed by atoms with Crippen molar-refractivity contribution in [2.75, 3.05) is 26.2 Å². The number of thiol groups is 2. The van der Waals surface area contributed by atoms with E-state index in [1.807, 2.05) is 13.8 Å². The standard InChI is InChI=1S/C15H31N3S2/c1-12(14(3,4)19)17-9-7-8-16-10-11-18-13(2)15(5,6)20/h16,19-20H,7-11H2,1-6H3. The maximum absolute atomic E-state index is 4.54. The fraction of sp³-hybridized carbons (Fsp3) is 0.867. The highest BCUT2D eigenvalue weighted by atomic mass is 32.1. The van der Waals surface area contributed by atoms with E-state index < -0.39 is 0 Å². The van der Waals surface area contributed by atoms with Crippen LogP contribution in [0, 0.1) is 0 Å². The number of rotatable bonds is 9. The summed E-state index contributed by atoms with van der Waals surface area (Å²) in [5.74, 6) is 0. The van der Waals surface area contributed by atoms with E-state index in [1.165, 1.54) is 0 Å². The van der Waals surface area contributed by atoms with Crippen LogP contribution in [0.3, 0.4) is 0 Å². The molecule has 3 nitrogen and oxygen atoms in total. The minimum Gasteiger partial charge on any atom is -0.315 e. The van der Waals surface area contributed by atoms with Crippen LogP contribution in [0.15, 0.2) is 9.98 Å². The lowest BCUT2D eigenvalue weighted by molar-refractivity contribution is 0.658. The van der Waals surface area contributed by atoms with E-state index >= 15 is 0 Å². The lowest BCUT2D eigenvalue weighted by atomic mass is 10.1. The second kappa shape index (κ2) is 9.11. The third kappa shape index (κ3) is 9.83. The summed E-state index contributed by atoms with van der Waals surface area (Å²) in [7, 11) is 0. The van der Waals surface area contributed by atoms with Crippen molar-refractivity contribution >= 4 is 36.7 Å². The quantitative estimate of drug-likeness (QED) is 0.341. The van der Waals surface area contributed by atoms with E-state index in [-0.39, 0.29) is 9.49 Å². The van der Waals surface area contributed by atoms with Crippen molar-refractivity contribution in [2.45, 2.75) is 57.5 Å². The molecule has 0 fully saturated rings. The van der Waals surface area contributed by atoms with Gasteiger partial charge in [0.05, 0.1) is 6.54 Å². The number of nitrogens with one attached hydrogen (secondary N) is 1. The Labute approximate surface area is 135 Å². The average Bonchev–Trinajstić information content (AvgIpc) is 2.29.